The molecule has 0 radical (unpaired) electrons. The lowest BCUT2D eigenvalue weighted by Crippen LogP contribution is -2.17. The molecule has 0 aliphatic heterocycles. The van der Waals surface area contributed by atoms with Crippen LogP contribution >= 0.6 is 0 Å². The van der Waals surface area contributed by atoms with E-state index in [0.717, 1.165) is 22.3 Å². The second-order valence-corrected chi connectivity index (χ2v) is 9.94. The van der Waals surface area contributed by atoms with Crippen LogP contribution in [0.3, 0.4) is 0 Å². The second kappa shape index (κ2) is 6.42. The molecule has 1 fully saturated rings. The van der Waals surface area contributed by atoms with E-state index in [1.165, 1.54) is 12.1 Å². The van der Waals surface area contributed by atoms with Crippen LogP contribution in [-0.2, 0) is 0 Å². The summed E-state index contributed by atoms with van der Waals surface area (Å²) in [5.74, 6) is -0.575. The van der Waals surface area contributed by atoms with Gasteiger partial charge in [-0.05, 0) is 70.5 Å². The van der Waals surface area contributed by atoms with Crippen LogP contribution in [-0.4, -0.2) is 30.6 Å². The van der Waals surface area contributed by atoms with Gasteiger partial charge in [0, 0.05) is 40.5 Å². The van der Waals surface area contributed by atoms with Crippen molar-refractivity contribution in [2.75, 3.05) is 0 Å². The molecule has 3 aliphatic rings. The smallest absolute Gasteiger partial charge is 0.123 e. The number of phenols is 6. The Morgan fingerprint density at radius 1 is 0.457 bits per heavy atom. The standard InChI is InChI=1S/C29H22O6/c30-15-5-1-13(2-6-15)25-23-19(9-17(32)11-21(23)34)27-24-20(10-18(33)12-22(24)35)28-26(29(25,27)28)14-3-7-16(31)8-4-14/h1-12,25-28,30-35H/t25-,26+,27+,28+,29?/m1/s1. The van der Waals surface area contributed by atoms with E-state index < -0.39 is 5.41 Å². The highest BCUT2D eigenvalue weighted by atomic mass is 16.3. The molecule has 0 amide bonds. The van der Waals surface area contributed by atoms with Crippen molar-refractivity contribution in [1.29, 1.82) is 0 Å². The van der Waals surface area contributed by atoms with Gasteiger partial charge in [-0.15, -0.1) is 0 Å². The van der Waals surface area contributed by atoms with Gasteiger partial charge in [-0.1, -0.05) is 24.3 Å². The Morgan fingerprint density at radius 3 is 1.51 bits per heavy atom. The Labute approximate surface area is 200 Å². The number of fused-ring (bicyclic) bond motifs is 5. The fourth-order valence-electron chi connectivity index (χ4n) is 7.38. The third-order valence-electron chi connectivity index (χ3n) is 8.35. The van der Waals surface area contributed by atoms with Crippen LogP contribution < -0.4 is 0 Å². The predicted octanol–water partition coefficient (Wildman–Crippen LogP) is 5.08. The molecule has 0 bridgehead atoms. The van der Waals surface area contributed by atoms with Crippen molar-refractivity contribution >= 4 is 0 Å². The Bertz CT molecular complexity index is 1520. The summed E-state index contributed by atoms with van der Waals surface area (Å²) in [5, 5.41) is 62.7. The van der Waals surface area contributed by atoms with Crippen molar-refractivity contribution in [2.45, 2.75) is 23.7 Å². The van der Waals surface area contributed by atoms with Gasteiger partial charge in [-0.3, -0.25) is 0 Å². The van der Waals surface area contributed by atoms with Gasteiger partial charge in [0.25, 0.3) is 0 Å². The predicted molar refractivity (Wildman–Crippen MR) is 127 cm³/mol. The molecule has 6 heteroatoms. The van der Waals surface area contributed by atoms with Crippen molar-refractivity contribution in [1.82, 2.24) is 0 Å². The first-order valence-electron chi connectivity index (χ1n) is 11.5. The molecular formula is C29H22O6. The first kappa shape index (κ1) is 20.1. The molecule has 4 aromatic carbocycles. The zero-order valence-corrected chi connectivity index (χ0v) is 18.4. The van der Waals surface area contributed by atoms with E-state index in [1.807, 2.05) is 24.3 Å². The third kappa shape index (κ3) is 2.38. The number of aromatic hydroxyl groups is 6. The average Bonchev–Trinajstić information content (AvgIpc) is 3.25. The van der Waals surface area contributed by atoms with Crippen molar-refractivity contribution in [3.05, 3.63) is 106 Å². The van der Waals surface area contributed by atoms with Crippen LogP contribution in [0.2, 0.25) is 0 Å². The normalized spacial score (nSPS) is 27.1. The van der Waals surface area contributed by atoms with Crippen LogP contribution in [0.25, 0.3) is 0 Å². The number of phenolic OH excluding ortho intramolecular Hbond substituents is 6. The van der Waals surface area contributed by atoms with E-state index in [-0.39, 0.29) is 58.2 Å². The monoisotopic (exact) mass is 466 g/mol. The lowest BCUT2D eigenvalue weighted by atomic mass is 9.75. The molecule has 1 saturated carbocycles. The third-order valence-corrected chi connectivity index (χ3v) is 8.35. The van der Waals surface area contributed by atoms with Crippen LogP contribution in [0.5, 0.6) is 34.5 Å². The minimum atomic E-state index is -0.519. The van der Waals surface area contributed by atoms with Gasteiger partial charge < -0.3 is 30.6 Å². The van der Waals surface area contributed by atoms with Gasteiger partial charge in [0.2, 0.25) is 0 Å². The van der Waals surface area contributed by atoms with E-state index in [9.17, 15) is 30.6 Å². The Kier molecular flexibility index (Phi) is 3.68. The SMILES string of the molecule is Oc1ccc([C@@H]2c3c(O)cc(O)cc3[C@H]3c4c(O)cc(O)cc4[C@H]4[C@H](c5ccc(O)cc5)C234)cc1. The number of rotatable bonds is 2. The van der Waals surface area contributed by atoms with Crippen LogP contribution in [0.15, 0.2) is 72.8 Å². The number of hydrogen-bond donors (Lipinski definition) is 6. The highest BCUT2D eigenvalue weighted by molar-refractivity contribution is 5.74. The topological polar surface area (TPSA) is 121 Å². The molecule has 0 aromatic heterocycles. The fourth-order valence-corrected chi connectivity index (χ4v) is 7.38. The van der Waals surface area contributed by atoms with Crippen LogP contribution in [0.1, 0.15) is 57.1 Å². The average molecular weight is 466 g/mol. The molecule has 3 aliphatic carbocycles. The summed E-state index contributed by atoms with van der Waals surface area (Å²) in [6, 6.07) is 20.0. The summed E-state index contributed by atoms with van der Waals surface area (Å²) in [5.41, 5.74) is 4.38. The van der Waals surface area contributed by atoms with Crippen LogP contribution in [0.4, 0.5) is 0 Å². The summed E-state index contributed by atoms with van der Waals surface area (Å²) >= 11 is 0. The van der Waals surface area contributed by atoms with E-state index in [0.29, 0.717) is 11.1 Å². The van der Waals surface area contributed by atoms with Crippen molar-refractivity contribution in [3.63, 3.8) is 0 Å². The first-order valence-corrected chi connectivity index (χ1v) is 11.5. The molecule has 1 unspecified atom stereocenters. The zero-order valence-electron chi connectivity index (χ0n) is 18.4. The van der Waals surface area contributed by atoms with Gasteiger partial charge in [-0.2, -0.15) is 0 Å². The summed E-state index contributed by atoms with van der Waals surface area (Å²) in [6.45, 7) is 0. The molecule has 174 valence electrons. The van der Waals surface area contributed by atoms with Gasteiger partial charge in [0.1, 0.15) is 34.5 Å². The number of hydrogen-bond acceptors (Lipinski definition) is 6. The van der Waals surface area contributed by atoms with E-state index in [1.54, 1.807) is 36.4 Å². The van der Waals surface area contributed by atoms with Crippen molar-refractivity contribution in [2.24, 2.45) is 5.41 Å². The molecule has 6 nitrogen and oxygen atoms in total. The van der Waals surface area contributed by atoms with Gasteiger partial charge in [-0.25, -0.2) is 0 Å². The maximum absolute atomic E-state index is 11.1. The Hall–Kier alpha value is -4.32. The second-order valence-electron chi connectivity index (χ2n) is 9.94. The Balaban J connectivity index is 1.57. The summed E-state index contributed by atoms with van der Waals surface area (Å²) in [4.78, 5) is 0. The van der Waals surface area contributed by atoms with Crippen molar-refractivity contribution < 1.29 is 30.6 Å². The molecule has 0 saturated heterocycles. The maximum Gasteiger partial charge on any atom is 0.123 e. The molecule has 1 spiro atoms. The van der Waals surface area contributed by atoms with E-state index in [4.69, 9.17) is 0 Å². The Morgan fingerprint density at radius 2 is 0.943 bits per heavy atom. The van der Waals surface area contributed by atoms with E-state index in [2.05, 4.69) is 0 Å². The summed E-state index contributed by atoms with van der Waals surface area (Å²) in [6.07, 6.45) is 0. The van der Waals surface area contributed by atoms with Gasteiger partial charge >= 0.3 is 0 Å². The van der Waals surface area contributed by atoms with E-state index >= 15 is 0 Å². The molecule has 35 heavy (non-hydrogen) atoms. The van der Waals surface area contributed by atoms with Crippen LogP contribution in [0, 0.1) is 5.41 Å². The molecule has 5 atom stereocenters. The van der Waals surface area contributed by atoms with Crippen molar-refractivity contribution in [3.8, 4) is 34.5 Å². The molecule has 4 aromatic rings. The summed E-state index contributed by atoms with van der Waals surface area (Å²) < 4.78 is 0. The minimum absolute atomic E-state index is 0.0128. The summed E-state index contributed by atoms with van der Waals surface area (Å²) in [7, 11) is 0. The minimum Gasteiger partial charge on any atom is -0.508 e. The van der Waals surface area contributed by atoms with Gasteiger partial charge in [0.15, 0.2) is 0 Å². The molecule has 6 N–H and O–H groups in total. The highest BCUT2D eigenvalue weighted by Crippen LogP contribution is 2.90. The largest absolute Gasteiger partial charge is 0.508 e. The first-order chi connectivity index (χ1) is 16.8. The van der Waals surface area contributed by atoms with Gasteiger partial charge in [0.05, 0.1) is 0 Å². The lowest BCUT2D eigenvalue weighted by Gasteiger charge is -2.27. The zero-order chi connectivity index (χ0) is 24.2. The molecular weight excluding hydrogens is 444 g/mol. The highest BCUT2D eigenvalue weighted by Gasteiger charge is 2.80. The lowest BCUT2D eigenvalue weighted by molar-refractivity contribution is 0.400. The maximum atomic E-state index is 11.1. The quantitative estimate of drug-likeness (QED) is 0.245. The molecule has 7 rings (SSSR count). The number of benzene rings is 4. The fraction of sp³-hybridized carbons (Fsp3) is 0.172. The molecule has 0 heterocycles.